The molecule has 1 aliphatic heterocycles. The Morgan fingerprint density at radius 2 is 1.28 bits per heavy atom. The van der Waals surface area contributed by atoms with Gasteiger partial charge in [-0.3, -0.25) is 14.5 Å². The number of hydrogen-bond donors (Lipinski definition) is 1. The molecule has 9 heteroatoms. The summed E-state index contributed by atoms with van der Waals surface area (Å²) < 4.78 is 21.7. The molecule has 0 spiro atoms. The monoisotopic (exact) mass is 494 g/mol. The number of ether oxygens (including phenoxy) is 4. The smallest absolute Gasteiger partial charge is 0.407 e. The third kappa shape index (κ3) is 6.57. The number of alkyl carbamates (subject to hydrolysis) is 1. The van der Waals surface area contributed by atoms with Crippen LogP contribution in [0.5, 0.6) is 0 Å². The zero-order valence-electron chi connectivity index (χ0n) is 20.0. The Morgan fingerprint density at radius 1 is 0.750 bits per heavy atom. The van der Waals surface area contributed by atoms with E-state index < -0.39 is 6.09 Å². The molecule has 2 aliphatic rings. The number of rotatable bonds is 14. The van der Waals surface area contributed by atoms with Crippen molar-refractivity contribution >= 4 is 17.9 Å². The van der Waals surface area contributed by atoms with Crippen LogP contribution >= 0.6 is 0 Å². The van der Waals surface area contributed by atoms with E-state index in [1.165, 1.54) is 34.4 Å². The van der Waals surface area contributed by atoms with E-state index >= 15 is 0 Å². The summed E-state index contributed by atoms with van der Waals surface area (Å²) in [5.41, 5.74) is 4.73. The van der Waals surface area contributed by atoms with Gasteiger partial charge in [0, 0.05) is 24.6 Å². The highest BCUT2D eigenvalue weighted by atomic mass is 16.6. The second kappa shape index (κ2) is 13.0. The number of amides is 3. The highest BCUT2D eigenvalue weighted by molar-refractivity contribution is 6.12. The van der Waals surface area contributed by atoms with Crippen molar-refractivity contribution in [1.29, 1.82) is 0 Å². The van der Waals surface area contributed by atoms with E-state index in [4.69, 9.17) is 18.9 Å². The molecule has 0 saturated heterocycles. The van der Waals surface area contributed by atoms with Crippen LogP contribution in [0, 0.1) is 0 Å². The molecule has 0 aromatic heterocycles. The lowest BCUT2D eigenvalue weighted by atomic mass is 9.98. The molecule has 2 aromatic carbocycles. The van der Waals surface area contributed by atoms with Gasteiger partial charge in [-0.2, -0.15) is 0 Å². The molecule has 1 N–H and O–H groups in total. The van der Waals surface area contributed by atoms with Crippen molar-refractivity contribution in [3.8, 4) is 11.1 Å². The first kappa shape index (κ1) is 25.6. The summed E-state index contributed by atoms with van der Waals surface area (Å²) in [6.07, 6.45) is 2.03. The minimum absolute atomic E-state index is 0.0303. The van der Waals surface area contributed by atoms with Crippen LogP contribution in [0.15, 0.2) is 60.7 Å². The summed E-state index contributed by atoms with van der Waals surface area (Å²) in [7, 11) is 0. The molecule has 0 fully saturated rings. The number of nitrogens with zero attached hydrogens (tertiary/aromatic N) is 1. The van der Waals surface area contributed by atoms with Crippen molar-refractivity contribution in [2.75, 3.05) is 59.3 Å². The average molecular weight is 495 g/mol. The Kier molecular flexibility index (Phi) is 9.21. The number of carbonyl (C=O) groups is 3. The summed E-state index contributed by atoms with van der Waals surface area (Å²) in [6.45, 7) is 2.95. The molecule has 190 valence electrons. The summed E-state index contributed by atoms with van der Waals surface area (Å²) in [5, 5.41) is 2.71. The molecule has 0 radical (unpaired) electrons. The molecule has 0 bridgehead atoms. The van der Waals surface area contributed by atoms with E-state index in [-0.39, 0.29) is 37.5 Å². The third-order valence-electron chi connectivity index (χ3n) is 5.96. The van der Waals surface area contributed by atoms with Crippen LogP contribution in [-0.2, 0) is 28.5 Å². The molecule has 0 saturated carbocycles. The van der Waals surface area contributed by atoms with E-state index in [0.717, 1.165) is 4.90 Å². The van der Waals surface area contributed by atoms with Gasteiger partial charge in [-0.25, -0.2) is 4.79 Å². The number of imide groups is 1. The second-order valence-corrected chi connectivity index (χ2v) is 8.25. The normalized spacial score (nSPS) is 14.3. The fraction of sp³-hybridized carbons (Fsp3) is 0.370. The lowest BCUT2D eigenvalue weighted by Gasteiger charge is -2.14. The highest BCUT2D eigenvalue weighted by Crippen LogP contribution is 2.44. The minimum Gasteiger partial charge on any atom is -0.449 e. The quantitative estimate of drug-likeness (QED) is 0.318. The standard InChI is InChI=1S/C27H30N2O7/c30-25-9-10-26(31)29(25)12-14-34-16-18-35-17-15-33-13-11-28-27(32)36-19-24-22-7-3-1-5-20(22)21-6-2-4-8-23(21)24/h1-10,24H,11-19H2,(H,28,32). The van der Waals surface area contributed by atoms with Gasteiger partial charge in [0.15, 0.2) is 0 Å². The number of carbonyl (C=O) groups excluding carboxylic acids is 3. The first-order chi connectivity index (χ1) is 17.6. The maximum atomic E-state index is 12.1. The fourth-order valence-electron chi connectivity index (χ4n) is 4.22. The zero-order valence-corrected chi connectivity index (χ0v) is 20.0. The molecular formula is C27H30N2O7. The van der Waals surface area contributed by atoms with Crippen LogP contribution in [0.2, 0.25) is 0 Å². The van der Waals surface area contributed by atoms with Crippen molar-refractivity contribution in [2.24, 2.45) is 0 Å². The maximum Gasteiger partial charge on any atom is 0.407 e. The SMILES string of the molecule is O=C(NCCOCCOCCOCCN1C(=O)C=CC1=O)OCC1c2ccccc2-c2ccccc21. The predicted octanol–water partition coefficient (Wildman–Crippen LogP) is 2.50. The first-order valence-corrected chi connectivity index (χ1v) is 12.0. The van der Waals surface area contributed by atoms with Crippen LogP contribution in [0.25, 0.3) is 11.1 Å². The minimum atomic E-state index is -0.470. The van der Waals surface area contributed by atoms with Gasteiger partial charge >= 0.3 is 6.09 Å². The Balaban J connectivity index is 1.00. The van der Waals surface area contributed by atoms with Gasteiger partial charge in [-0.1, -0.05) is 48.5 Å². The van der Waals surface area contributed by atoms with E-state index in [9.17, 15) is 14.4 Å². The lowest BCUT2D eigenvalue weighted by Crippen LogP contribution is -2.33. The summed E-state index contributed by atoms with van der Waals surface area (Å²) in [6, 6.07) is 16.4. The molecule has 2 aromatic rings. The molecule has 3 amide bonds. The second-order valence-electron chi connectivity index (χ2n) is 8.25. The summed E-state index contributed by atoms with van der Waals surface area (Å²) >= 11 is 0. The average Bonchev–Trinajstić information content (AvgIpc) is 3.39. The molecule has 4 rings (SSSR count). The summed E-state index contributed by atoms with van der Waals surface area (Å²) in [5.74, 6) is -0.599. The van der Waals surface area contributed by atoms with Gasteiger partial charge in [-0.05, 0) is 22.3 Å². The number of hydrogen-bond acceptors (Lipinski definition) is 7. The number of benzene rings is 2. The van der Waals surface area contributed by atoms with Crippen molar-refractivity contribution in [2.45, 2.75) is 5.92 Å². The predicted molar refractivity (Wildman–Crippen MR) is 131 cm³/mol. The Labute approximate surface area is 210 Å². The third-order valence-corrected chi connectivity index (χ3v) is 5.96. The van der Waals surface area contributed by atoms with Crippen molar-refractivity contribution in [3.05, 3.63) is 71.8 Å². The topological polar surface area (TPSA) is 103 Å². The highest BCUT2D eigenvalue weighted by Gasteiger charge is 2.29. The van der Waals surface area contributed by atoms with Crippen molar-refractivity contribution < 1.29 is 33.3 Å². The van der Waals surface area contributed by atoms with Crippen LogP contribution in [0.4, 0.5) is 4.79 Å². The van der Waals surface area contributed by atoms with Crippen LogP contribution in [0.1, 0.15) is 17.0 Å². The Bertz CT molecular complexity index is 1040. The van der Waals surface area contributed by atoms with Crippen LogP contribution in [-0.4, -0.2) is 82.1 Å². The first-order valence-electron chi connectivity index (χ1n) is 12.0. The molecule has 1 aliphatic carbocycles. The lowest BCUT2D eigenvalue weighted by molar-refractivity contribution is -0.137. The number of nitrogens with one attached hydrogen (secondary N) is 1. The van der Waals surface area contributed by atoms with Gasteiger partial charge in [0.25, 0.3) is 11.8 Å². The molecule has 36 heavy (non-hydrogen) atoms. The van der Waals surface area contributed by atoms with Crippen LogP contribution in [0.3, 0.4) is 0 Å². The molecule has 9 nitrogen and oxygen atoms in total. The number of fused-ring (bicyclic) bond motifs is 3. The van der Waals surface area contributed by atoms with Gasteiger partial charge in [0.05, 0.1) is 46.2 Å². The van der Waals surface area contributed by atoms with Gasteiger partial charge < -0.3 is 24.3 Å². The van der Waals surface area contributed by atoms with Crippen LogP contribution < -0.4 is 5.32 Å². The fourth-order valence-corrected chi connectivity index (χ4v) is 4.22. The maximum absolute atomic E-state index is 12.1. The van der Waals surface area contributed by atoms with E-state index in [1.807, 2.05) is 24.3 Å². The van der Waals surface area contributed by atoms with Gasteiger partial charge in [-0.15, -0.1) is 0 Å². The van der Waals surface area contributed by atoms with E-state index in [1.54, 1.807) is 0 Å². The molecule has 0 atom stereocenters. The molecular weight excluding hydrogens is 464 g/mol. The van der Waals surface area contributed by atoms with Gasteiger partial charge in [0.2, 0.25) is 0 Å². The Morgan fingerprint density at radius 3 is 1.89 bits per heavy atom. The Hall–Kier alpha value is -3.53. The molecule has 0 unspecified atom stereocenters. The van der Waals surface area contributed by atoms with Crippen molar-refractivity contribution in [3.63, 3.8) is 0 Å². The largest absolute Gasteiger partial charge is 0.449 e. The van der Waals surface area contributed by atoms with E-state index in [2.05, 4.69) is 29.6 Å². The molecule has 1 heterocycles. The van der Waals surface area contributed by atoms with E-state index in [0.29, 0.717) is 39.6 Å². The summed E-state index contributed by atoms with van der Waals surface area (Å²) in [4.78, 5) is 36.1. The van der Waals surface area contributed by atoms with Crippen molar-refractivity contribution in [1.82, 2.24) is 10.2 Å². The zero-order chi connectivity index (χ0) is 25.2. The van der Waals surface area contributed by atoms with Gasteiger partial charge in [0.1, 0.15) is 6.61 Å².